The number of imidazole rings is 1. The van der Waals surface area contributed by atoms with Crippen LogP contribution in [0.4, 0.5) is 0 Å². The van der Waals surface area contributed by atoms with Crippen LogP contribution in [0.5, 0.6) is 0 Å². The molecule has 3 aromatic rings. The maximum Gasteiger partial charge on any atom is 0.287 e. The molecule has 2 N–H and O–H groups in total. The molecule has 0 radical (unpaired) electrons. The second kappa shape index (κ2) is 7.84. The number of hydrogen-bond donors (Lipinski definition) is 2. The van der Waals surface area contributed by atoms with Crippen molar-refractivity contribution in [3.8, 4) is 0 Å². The second-order valence-corrected chi connectivity index (χ2v) is 5.98. The summed E-state index contributed by atoms with van der Waals surface area (Å²) in [6, 6.07) is 12.5. The maximum atomic E-state index is 12.6. The van der Waals surface area contributed by atoms with Crippen molar-refractivity contribution in [3.05, 3.63) is 83.4 Å². The van der Waals surface area contributed by atoms with E-state index in [2.05, 4.69) is 22.2 Å². The summed E-state index contributed by atoms with van der Waals surface area (Å²) in [5.41, 5.74) is 1.67. The van der Waals surface area contributed by atoms with Gasteiger partial charge in [0.05, 0.1) is 5.52 Å². The van der Waals surface area contributed by atoms with Crippen LogP contribution >= 0.6 is 11.6 Å². The van der Waals surface area contributed by atoms with E-state index in [1.807, 2.05) is 12.1 Å². The van der Waals surface area contributed by atoms with Crippen molar-refractivity contribution in [2.75, 3.05) is 6.54 Å². The fraction of sp³-hybridized carbons (Fsp3) is 0.105. The lowest BCUT2D eigenvalue weighted by Gasteiger charge is -2.04. The van der Waals surface area contributed by atoms with Crippen molar-refractivity contribution < 1.29 is 9.59 Å². The van der Waals surface area contributed by atoms with Crippen LogP contribution in [0.15, 0.2) is 61.3 Å². The third-order valence-electron chi connectivity index (χ3n) is 3.74. The number of aromatic nitrogens is 2. The molecule has 0 atom stereocenters. The molecular formula is C19H17ClN4O2. The molecule has 26 heavy (non-hydrogen) atoms. The van der Waals surface area contributed by atoms with Crippen LogP contribution in [-0.2, 0) is 6.54 Å². The topological polar surface area (TPSA) is 75.5 Å². The maximum absolute atomic E-state index is 12.6. The van der Waals surface area contributed by atoms with Gasteiger partial charge in [-0.05, 0) is 29.8 Å². The summed E-state index contributed by atoms with van der Waals surface area (Å²) in [7, 11) is 0. The van der Waals surface area contributed by atoms with Crippen LogP contribution in [0, 0.1) is 0 Å². The van der Waals surface area contributed by atoms with Gasteiger partial charge in [0.1, 0.15) is 0 Å². The lowest BCUT2D eigenvalue weighted by atomic mass is 10.2. The minimum Gasteiger partial charge on any atom is -0.347 e. The standard InChI is InChI=1S/C19H17ClN4O2/c1-2-10-21-19(26)17-23-16(15-5-3-4-11-24(15)17)18(25)22-12-13-6-8-14(20)9-7-13/h2-9,11H,1,10,12H2,(H,21,26)(H,22,25). The summed E-state index contributed by atoms with van der Waals surface area (Å²) in [6.45, 7) is 4.22. The van der Waals surface area contributed by atoms with Crippen LogP contribution in [-0.4, -0.2) is 27.7 Å². The molecule has 3 rings (SSSR count). The normalized spacial score (nSPS) is 10.5. The molecule has 0 spiro atoms. The van der Waals surface area contributed by atoms with Gasteiger partial charge >= 0.3 is 0 Å². The highest BCUT2D eigenvalue weighted by molar-refractivity contribution is 6.30. The van der Waals surface area contributed by atoms with E-state index < -0.39 is 0 Å². The van der Waals surface area contributed by atoms with E-state index in [1.165, 1.54) is 0 Å². The zero-order chi connectivity index (χ0) is 18.5. The Labute approximate surface area is 155 Å². The molecule has 2 heterocycles. The fourth-order valence-electron chi connectivity index (χ4n) is 2.48. The number of carbonyl (C=O) groups is 2. The van der Waals surface area contributed by atoms with Gasteiger partial charge in [-0.2, -0.15) is 0 Å². The van der Waals surface area contributed by atoms with Crippen molar-refractivity contribution in [1.82, 2.24) is 20.0 Å². The Morgan fingerprint density at radius 3 is 2.62 bits per heavy atom. The van der Waals surface area contributed by atoms with Crippen molar-refractivity contribution in [2.45, 2.75) is 6.54 Å². The Hall–Kier alpha value is -3.12. The lowest BCUT2D eigenvalue weighted by Crippen LogP contribution is -2.26. The first kappa shape index (κ1) is 17.7. The molecule has 0 bridgehead atoms. The molecule has 1 aromatic carbocycles. The van der Waals surface area contributed by atoms with Crippen LogP contribution in [0.1, 0.15) is 26.7 Å². The summed E-state index contributed by atoms with van der Waals surface area (Å²) < 4.78 is 1.59. The van der Waals surface area contributed by atoms with E-state index in [1.54, 1.807) is 47.0 Å². The minimum absolute atomic E-state index is 0.152. The van der Waals surface area contributed by atoms with Gasteiger partial charge in [-0.15, -0.1) is 6.58 Å². The number of nitrogens with zero attached hydrogens (tertiary/aromatic N) is 2. The number of amides is 2. The third kappa shape index (κ3) is 3.75. The minimum atomic E-state index is -0.372. The van der Waals surface area contributed by atoms with Crippen molar-refractivity contribution in [1.29, 1.82) is 0 Å². The first-order valence-corrected chi connectivity index (χ1v) is 8.37. The highest BCUT2D eigenvalue weighted by Crippen LogP contribution is 2.14. The summed E-state index contributed by atoms with van der Waals surface area (Å²) in [5.74, 6) is -0.576. The third-order valence-corrected chi connectivity index (χ3v) is 3.99. The smallest absolute Gasteiger partial charge is 0.287 e. The zero-order valence-electron chi connectivity index (χ0n) is 13.9. The predicted octanol–water partition coefficient (Wildman–Crippen LogP) is 2.83. The van der Waals surface area contributed by atoms with Gasteiger partial charge in [-0.25, -0.2) is 4.98 Å². The van der Waals surface area contributed by atoms with Crippen LogP contribution < -0.4 is 10.6 Å². The number of rotatable bonds is 6. The summed E-state index contributed by atoms with van der Waals surface area (Å²) >= 11 is 5.86. The van der Waals surface area contributed by atoms with E-state index >= 15 is 0 Å². The Morgan fingerprint density at radius 2 is 1.88 bits per heavy atom. The number of hydrogen-bond acceptors (Lipinski definition) is 3. The van der Waals surface area contributed by atoms with E-state index in [0.717, 1.165) is 5.56 Å². The number of nitrogens with one attached hydrogen (secondary N) is 2. The van der Waals surface area contributed by atoms with Crippen LogP contribution in [0.2, 0.25) is 5.02 Å². The number of benzene rings is 1. The SMILES string of the molecule is C=CCNC(=O)c1nc(C(=O)NCc2ccc(Cl)cc2)c2ccccn12. The molecule has 0 saturated carbocycles. The summed E-state index contributed by atoms with van der Waals surface area (Å²) in [6.07, 6.45) is 3.27. The van der Waals surface area contributed by atoms with Crippen molar-refractivity contribution in [2.24, 2.45) is 0 Å². The van der Waals surface area contributed by atoms with Gasteiger partial charge in [0.2, 0.25) is 5.82 Å². The monoisotopic (exact) mass is 368 g/mol. The fourth-order valence-corrected chi connectivity index (χ4v) is 2.60. The van der Waals surface area contributed by atoms with E-state index in [9.17, 15) is 9.59 Å². The molecule has 6 nitrogen and oxygen atoms in total. The first-order valence-electron chi connectivity index (χ1n) is 7.99. The quantitative estimate of drug-likeness (QED) is 0.657. The van der Waals surface area contributed by atoms with Gasteiger partial charge in [0.25, 0.3) is 11.8 Å². The van der Waals surface area contributed by atoms with E-state index in [4.69, 9.17) is 11.6 Å². The van der Waals surface area contributed by atoms with Gasteiger partial charge in [-0.3, -0.25) is 14.0 Å². The van der Waals surface area contributed by atoms with Gasteiger partial charge in [0, 0.05) is 24.3 Å². The molecule has 0 aliphatic carbocycles. The van der Waals surface area contributed by atoms with E-state index in [-0.39, 0.29) is 23.3 Å². The van der Waals surface area contributed by atoms with Crippen molar-refractivity contribution in [3.63, 3.8) is 0 Å². The Balaban J connectivity index is 1.84. The number of halogens is 1. The molecule has 0 saturated heterocycles. The first-order chi connectivity index (χ1) is 12.6. The average Bonchev–Trinajstić information content (AvgIpc) is 3.05. The van der Waals surface area contributed by atoms with Gasteiger partial charge in [-0.1, -0.05) is 35.9 Å². The van der Waals surface area contributed by atoms with Gasteiger partial charge in [0.15, 0.2) is 5.69 Å². The molecule has 132 valence electrons. The average molecular weight is 369 g/mol. The number of fused-ring (bicyclic) bond motifs is 1. The second-order valence-electron chi connectivity index (χ2n) is 5.55. The van der Waals surface area contributed by atoms with Crippen molar-refractivity contribution >= 4 is 28.9 Å². The molecule has 0 aliphatic heterocycles. The number of pyridine rings is 1. The molecule has 2 aromatic heterocycles. The summed E-state index contributed by atoms with van der Waals surface area (Å²) in [5, 5.41) is 6.12. The largest absolute Gasteiger partial charge is 0.347 e. The Morgan fingerprint density at radius 1 is 1.12 bits per heavy atom. The van der Waals surface area contributed by atoms with E-state index in [0.29, 0.717) is 23.6 Å². The van der Waals surface area contributed by atoms with Crippen LogP contribution in [0.25, 0.3) is 5.52 Å². The summed E-state index contributed by atoms with van der Waals surface area (Å²) in [4.78, 5) is 29.1. The highest BCUT2D eigenvalue weighted by Gasteiger charge is 2.20. The Bertz CT molecular complexity index is 963. The predicted molar refractivity (Wildman–Crippen MR) is 100 cm³/mol. The van der Waals surface area contributed by atoms with Gasteiger partial charge < -0.3 is 10.6 Å². The number of carbonyl (C=O) groups excluding carboxylic acids is 2. The molecule has 0 unspecified atom stereocenters. The van der Waals surface area contributed by atoms with Crippen LogP contribution in [0.3, 0.4) is 0 Å². The molecule has 0 aliphatic rings. The molecular weight excluding hydrogens is 352 g/mol. The zero-order valence-corrected chi connectivity index (χ0v) is 14.7. The molecule has 0 fully saturated rings. The molecule has 2 amide bonds. The Kier molecular flexibility index (Phi) is 5.34. The lowest BCUT2D eigenvalue weighted by molar-refractivity contribution is 0.0946. The molecule has 7 heteroatoms. The highest BCUT2D eigenvalue weighted by atomic mass is 35.5.